The van der Waals surface area contributed by atoms with E-state index in [-0.39, 0.29) is 12.7 Å². The van der Waals surface area contributed by atoms with Gasteiger partial charge in [-0.2, -0.15) is 5.10 Å². The molecule has 0 aliphatic rings. The van der Waals surface area contributed by atoms with Gasteiger partial charge in [0.2, 0.25) is 0 Å². The second-order valence-corrected chi connectivity index (χ2v) is 6.25. The summed E-state index contributed by atoms with van der Waals surface area (Å²) >= 11 is 0. The average Bonchev–Trinajstić information content (AvgIpc) is 3.07. The number of methoxy groups -OCH3 is 1. The molecule has 0 atom stereocenters. The van der Waals surface area contributed by atoms with Crippen LogP contribution in [0.4, 0.5) is 4.79 Å². The topological polar surface area (TPSA) is 56.6 Å². The number of aryl methyl sites for hydroxylation is 1. The third kappa shape index (κ3) is 4.47. The summed E-state index contributed by atoms with van der Waals surface area (Å²) in [7, 11) is 5.20. The van der Waals surface area contributed by atoms with Crippen molar-refractivity contribution in [3.8, 4) is 16.9 Å². The summed E-state index contributed by atoms with van der Waals surface area (Å²) in [5.74, 6) is 0.790. The summed E-state index contributed by atoms with van der Waals surface area (Å²) in [5.41, 5.74) is 3.81. The van der Waals surface area contributed by atoms with E-state index >= 15 is 0 Å². The number of hydrogen-bond donors (Lipinski definition) is 0. The molecule has 6 nitrogen and oxygen atoms in total. The first-order valence-electron chi connectivity index (χ1n) is 8.65. The van der Waals surface area contributed by atoms with Crippen LogP contribution >= 0.6 is 0 Å². The summed E-state index contributed by atoms with van der Waals surface area (Å²) < 4.78 is 12.4. The van der Waals surface area contributed by atoms with Crippen LogP contribution in [0, 0.1) is 0 Å². The van der Waals surface area contributed by atoms with Crippen LogP contribution in [-0.4, -0.2) is 34.9 Å². The molecule has 1 heterocycles. The number of amides is 1. The van der Waals surface area contributed by atoms with Crippen LogP contribution in [0.3, 0.4) is 0 Å². The van der Waals surface area contributed by atoms with Gasteiger partial charge in [0.25, 0.3) is 0 Å². The van der Waals surface area contributed by atoms with Gasteiger partial charge in [-0.1, -0.05) is 42.5 Å². The maximum Gasteiger partial charge on any atom is 0.410 e. The van der Waals surface area contributed by atoms with E-state index in [4.69, 9.17) is 9.47 Å². The fraction of sp³-hybridized carbons (Fsp3) is 0.238. The second-order valence-electron chi connectivity index (χ2n) is 6.25. The third-order valence-corrected chi connectivity index (χ3v) is 4.37. The predicted molar refractivity (Wildman–Crippen MR) is 103 cm³/mol. The predicted octanol–water partition coefficient (Wildman–Crippen LogP) is 3.86. The van der Waals surface area contributed by atoms with Crippen molar-refractivity contribution in [1.82, 2.24) is 14.7 Å². The number of aromatic nitrogens is 2. The molecule has 0 aliphatic carbocycles. The third-order valence-electron chi connectivity index (χ3n) is 4.37. The number of hydrogen-bond acceptors (Lipinski definition) is 4. The highest BCUT2D eigenvalue weighted by Crippen LogP contribution is 2.26. The van der Waals surface area contributed by atoms with Crippen LogP contribution in [-0.2, 0) is 24.9 Å². The Labute approximate surface area is 158 Å². The number of ether oxygens (including phenoxy) is 2. The smallest absolute Gasteiger partial charge is 0.410 e. The molecule has 0 unspecified atom stereocenters. The van der Waals surface area contributed by atoms with Crippen molar-refractivity contribution in [3.63, 3.8) is 0 Å². The molecular weight excluding hydrogens is 342 g/mol. The van der Waals surface area contributed by atoms with E-state index in [1.165, 1.54) is 0 Å². The second kappa shape index (κ2) is 8.40. The highest BCUT2D eigenvalue weighted by Gasteiger charge is 2.15. The summed E-state index contributed by atoms with van der Waals surface area (Å²) in [6.45, 7) is 0.645. The van der Waals surface area contributed by atoms with E-state index in [1.54, 1.807) is 29.9 Å². The van der Waals surface area contributed by atoms with Crippen LogP contribution in [0.1, 0.15) is 11.3 Å². The Morgan fingerprint density at radius 3 is 2.48 bits per heavy atom. The number of benzene rings is 2. The Balaban J connectivity index is 1.67. The molecule has 1 amide bonds. The quantitative estimate of drug-likeness (QED) is 0.665. The van der Waals surface area contributed by atoms with Gasteiger partial charge in [-0.15, -0.1) is 0 Å². The molecule has 3 rings (SSSR count). The molecule has 27 heavy (non-hydrogen) atoms. The zero-order valence-corrected chi connectivity index (χ0v) is 15.8. The van der Waals surface area contributed by atoms with Crippen molar-refractivity contribution >= 4 is 6.09 Å². The van der Waals surface area contributed by atoms with E-state index in [2.05, 4.69) is 5.10 Å². The van der Waals surface area contributed by atoms with Gasteiger partial charge in [0.15, 0.2) is 0 Å². The Hall–Kier alpha value is -3.28. The van der Waals surface area contributed by atoms with Crippen LogP contribution in [0.25, 0.3) is 11.1 Å². The zero-order valence-electron chi connectivity index (χ0n) is 15.8. The maximum absolute atomic E-state index is 12.3. The first-order chi connectivity index (χ1) is 13.1. The summed E-state index contributed by atoms with van der Waals surface area (Å²) in [6, 6.07) is 17.5. The Kier molecular flexibility index (Phi) is 5.76. The lowest BCUT2D eigenvalue weighted by Gasteiger charge is -2.17. The maximum atomic E-state index is 12.3. The van der Waals surface area contributed by atoms with Crippen molar-refractivity contribution in [3.05, 3.63) is 72.1 Å². The summed E-state index contributed by atoms with van der Waals surface area (Å²) in [6.07, 6.45) is 1.40. The number of carbonyl (C=O) groups excluding carboxylic acids is 1. The van der Waals surface area contributed by atoms with Gasteiger partial charge in [0.1, 0.15) is 12.4 Å². The first kappa shape index (κ1) is 18.5. The molecule has 0 aliphatic heterocycles. The van der Waals surface area contributed by atoms with Gasteiger partial charge in [0.05, 0.1) is 19.0 Å². The lowest BCUT2D eigenvalue weighted by atomic mass is 10.1. The van der Waals surface area contributed by atoms with E-state index in [9.17, 15) is 4.79 Å². The van der Waals surface area contributed by atoms with Gasteiger partial charge in [0, 0.05) is 26.2 Å². The lowest BCUT2D eigenvalue weighted by Crippen LogP contribution is -2.27. The monoisotopic (exact) mass is 365 g/mol. The molecule has 3 aromatic rings. The van der Waals surface area contributed by atoms with Crippen molar-refractivity contribution in [1.29, 1.82) is 0 Å². The molecule has 140 valence electrons. The van der Waals surface area contributed by atoms with Crippen molar-refractivity contribution < 1.29 is 14.3 Å². The molecule has 0 radical (unpaired) electrons. The van der Waals surface area contributed by atoms with Crippen LogP contribution < -0.4 is 4.74 Å². The minimum absolute atomic E-state index is 0.149. The molecule has 0 saturated heterocycles. The van der Waals surface area contributed by atoms with Crippen molar-refractivity contribution in [2.24, 2.45) is 7.05 Å². The van der Waals surface area contributed by atoms with Crippen molar-refractivity contribution in [2.75, 3.05) is 14.2 Å². The van der Waals surface area contributed by atoms with Crippen LogP contribution in [0.5, 0.6) is 5.75 Å². The molecule has 0 fully saturated rings. The highest BCUT2D eigenvalue weighted by molar-refractivity contribution is 5.69. The fourth-order valence-electron chi connectivity index (χ4n) is 2.81. The number of carbonyl (C=O) groups is 1. The molecule has 0 N–H and O–H groups in total. The minimum Gasteiger partial charge on any atom is -0.497 e. The molecular formula is C21H23N3O3. The average molecular weight is 365 g/mol. The van der Waals surface area contributed by atoms with Crippen molar-refractivity contribution in [2.45, 2.75) is 13.2 Å². The summed E-state index contributed by atoms with van der Waals surface area (Å²) in [4.78, 5) is 13.9. The fourth-order valence-corrected chi connectivity index (χ4v) is 2.81. The molecule has 0 bridgehead atoms. The van der Waals surface area contributed by atoms with Gasteiger partial charge in [-0.25, -0.2) is 4.79 Å². The standard InChI is InChI=1S/C21H23N3O3/c1-23(14-16-7-5-4-6-8-16)21(25)27-15-20-19(13-22-24(20)2)17-9-11-18(26-3)12-10-17/h4-13H,14-15H2,1-3H3. The molecule has 0 spiro atoms. The largest absolute Gasteiger partial charge is 0.497 e. The SMILES string of the molecule is COc1ccc(-c2cnn(C)c2COC(=O)N(C)Cc2ccccc2)cc1. The normalized spacial score (nSPS) is 10.5. The molecule has 0 saturated carbocycles. The van der Waals surface area contributed by atoms with Crippen LogP contribution in [0.2, 0.25) is 0 Å². The van der Waals surface area contributed by atoms with E-state index in [1.807, 2.05) is 61.6 Å². The zero-order chi connectivity index (χ0) is 19.2. The molecule has 1 aromatic heterocycles. The minimum atomic E-state index is -0.374. The van der Waals surface area contributed by atoms with Gasteiger partial charge >= 0.3 is 6.09 Å². The number of rotatable bonds is 6. The van der Waals surface area contributed by atoms with E-state index in [0.717, 1.165) is 28.1 Å². The highest BCUT2D eigenvalue weighted by atomic mass is 16.6. The van der Waals surface area contributed by atoms with E-state index < -0.39 is 0 Å². The molecule has 6 heteroatoms. The first-order valence-corrected chi connectivity index (χ1v) is 8.65. The van der Waals surface area contributed by atoms with Gasteiger partial charge < -0.3 is 14.4 Å². The Bertz CT molecular complexity index is 889. The molecule has 2 aromatic carbocycles. The van der Waals surface area contributed by atoms with Gasteiger partial charge in [-0.3, -0.25) is 4.68 Å². The Morgan fingerprint density at radius 2 is 1.81 bits per heavy atom. The van der Waals surface area contributed by atoms with E-state index in [0.29, 0.717) is 6.54 Å². The lowest BCUT2D eigenvalue weighted by molar-refractivity contribution is 0.101. The van der Waals surface area contributed by atoms with Gasteiger partial charge in [-0.05, 0) is 23.3 Å². The summed E-state index contributed by atoms with van der Waals surface area (Å²) in [5, 5.41) is 4.31. The number of nitrogens with zero attached hydrogens (tertiary/aromatic N) is 3. The van der Waals surface area contributed by atoms with Crippen LogP contribution in [0.15, 0.2) is 60.8 Å². The Morgan fingerprint density at radius 1 is 1.11 bits per heavy atom.